The highest BCUT2D eigenvalue weighted by molar-refractivity contribution is 7.92. The van der Waals surface area contributed by atoms with E-state index in [0.717, 1.165) is 18.2 Å². The zero-order valence-electron chi connectivity index (χ0n) is 9.70. The lowest BCUT2D eigenvalue weighted by atomic mass is 10.3. The van der Waals surface area contributed by atoms with Crippen LogP contribution in [0.15, 0.2) is 41.3 Å². The van der Waals surface area contributed by atoms with Crippen molar-refractivity contribution in [2.24, 2.45) is 0 Å². The Morgan fingerprint density at radius 2 is 1.50 bits per heavy atom. The normalized spacial score (nSPS) is 11.4. The predicted molar refractivity (Wildman–Crippen MR) is 73.6 cm³/mol. The fraction of sp³-hybridized carbons (Fsp3) is 0. The molecule has 0 bridgehead atoms. The first-order valence-electron chi connectivity index (χ1n) is 5.24. The Labute approximate surface area is 124 Å². The monoisotopic (exact) mass is 337 g/mol. The Balaban J connectivity index is 2.50. The summed E-state index contributed by atoms with van der Waals surface area (Å²) in [6, 6.07) is 6.91. The van der Waals surface area contributed by atoms with Crippen molar-refractivity contribution in [2.75, 3.05) is 4.72 Å². The van der Waals surface area contributed by atoms with Crippen molar-refractivity contribution >= 4 is 38.9 Å². The minimum Gasteiger partial charge on any atom is -0.274 e. The van der Waals surface area contributed by atoms with E-state index in [1.807, 2.05) is 4.72 Å². The second kappa shape index (κ2) is 5.55. The van der Waals surface area contributed by atoms with Gasteiger partial charge < -0.3 is 0 Å². The van der Waals surface area contributed by atoms with E-state index in [1.165, 1.54) is 18.2 Å². The molecule has 0 atom stereocenters. The molecule has 2 aromatic rings. The molecule has 2 rings (SSSR count). The maximum atomic E-state index is 13.5. The van der Waals surface area contributed by atoms with Crippen molar-refractivity contribution in [1.29, 1.82) is 0 Å². The molecule has 0 unspecified atom stereocenters. The number of para-hydroxylation sites is 1. The molecule has 0 fully saturated rings. The van der Waals surface area contributed by atoms with Crippen molar-refractivity contribution < 1.29 is 17.2 Å². The second-order valence-electron chi connectivity index (χ2n) is 3.75. The van der Waals surface area contributed by atoms with Gasteiger partial charge in [-0.3, -0.25) is 4.72 Å². The summed E-state index contributed by atoms with van der Waals surface area (Å²) in [6.45, 7) is 0. The van der Waals surface area contributed by atoms with Gasteiger partial charge in [0.05, 0.1) is 10.0 Å². The van der Waals surface area contributed by atoms with E-state index >= 15 is 0 Å². The third-order valence-corrected chi connectivity index (χ3v) is 4.73. The average Bonchev–Trinajstić information content (AvgIpc) is 2.37. The molecule has 1 N–H and O–H groups in total. The van der Waals surface area contributed by atoms with Gasteiger partial charge in [0.2, 0.25) is 0 Å². The van der Waals surface area contributed by atoms with E-state index in [1.54, 1.807) is 0 Å². The largest absolute Gasteiger partial charge is 0.274 e. The van der Waals surface area contributed by atoms with Gasteiger partial charge in [-0.25, -0.2) is 17.2 Å². The van der Waals surface area contributed by atoms with Crippen LogP contribution in [-0.2, 0) is 10.0 Å². The SMILES string of the molecule is O=S(=O)(Nc1c(F)cccc1F)c1cccc(Cl)c1Cl. The van der Waals surface area contributed by atoms with E-state index < -0.39 is 27.3 Å². The van der Waals surface area contributed by atoms with Crippen LogP contribution in [0.4, 0.5) is 14.5 Å². The molecule has 0 spiro atoms. The van der Waals surface area contributed by atoms with Crippen LogP contribution in [0.3, 0.4) is 0 Å². The van der Waals surface area contributed by atoms with Crippen molar-refractivity contribution in [2.45, 2.75) is 4.90 Å². The molecule has 0 saturated carbocycles. The Hall–Kier alpha value is -1.37. The zero-order chi connectivity index (χ0) is 14.9. The number of benzene rings is 2. The summed E-state index contributed by atoms with van der Waals surface area (Å²) in [5.74, 6) is -2.07. The maximum Gasteiger partial charge on any atom is 0.263 e. The molecular formula is C12H7Cl2F2NO2S. The molecule has 0 saturated heterocycles. The van der Waals surface area contributed by atoms with Gasteiger partial charge in [-0.1, -0.05) is 35.3 Å². The van der Waals surface area contributed by atoms with Crippen LogP contribution in [0.2, 0.25) is 10.0 Å². The molecule has 106 valence electrons. The van der Waals surface area contributed by atoms with Crippen LogP contribution in [0.1, 0.15) is 0 Å². The minimum atomic E-state index is -4.26. The predicted octanol–water partition coefficient (Wildman–Crippen LogP) is 4.07. The zero-order valence-corrected chi connectivity index (χ0v) is 12.0. The molecule has 8 heteroatoms. The summed E-state index contributed by atoms with van der Waals surface area (Å²) < 4.78 is 52.9. The average molecular weight is 338 g/mol. The fourth-order valence-corrected chi connectivity index (χ4v) is 3.31. The van der Waals surface area contributed by atoms with Crippen LogP contribution in [0.25, 0.3) is 0 Å². The lowest BCUT2D eigenvalue weighted by Crippen LogP contribution is -2.15. The Bertz CT molecular complexity index is 746. The van der Waals surface area contributed by atoms with Gasteiger partial charge in [0.25, 0.3) is 10.0 Å². The molecular weight excluding hydrogens is 331 g/mol. The molecule has 0 aromatic heterocycles. The summed E-state index contributed by atoms with van der Waals surface area (Å²) in [6.07, 6.45) is 0. The highest BCUT2D eigenvalue weighted by Gasteiger charge is 2.22. The molecule has 3 nitrogen and oxygen atoms in total. The topological polar surface area (TPSA) is 46.2 Å². The first-order valence-corrected chi connectivity index (χ1v) is 7.47. The number of nitrogens with one attached hydrogen (secondary N) is 1. The number of hydrogen-bond donors (Lipinski definition) is 1. The number of anilines is 1. The first kappa shape index (κ1) is 15.0. The Kier molecular flexibility index (Phi) is 4.17. The smallest absolute Gasteiger partial charge is 0.263 e. The van der Waals surface area contributed by atoms with E-state index in [2.05, 4.69) is 0 Å². The molecule has 0 aliphatic carbocycles. The molecule has 20 heavy (non-hydrogen) atoms. The minimum absolute atomic E-state index is 0.0172. The molecule has 0 heterocycles. The van der Waals surface area contributed by atoms with Crippen molar-refractivity contribution in [3.63, 3.8) is 0 Å². The number of rotatable bonds is 3. The number of halogens is 4. The molecule has 0 aliphatic rings. The molecule has 0 radical (unpaired) electrons. The standard InChI is InChI=1S/C12H7Cl2F2NO2S/c13-7-3-1-6-10(11(7)14)20(18,19)17-12-8(15)4-2-5-9(12)16/h1-6,17H. The molecule has 0 aliphatic heterocycles. The van der Waals surface area contributed by atoms with Crippen LogP contribution in [-0.4, -0.2) is 8.42 Å². The van der Waals surface area contributed by atoms with Crippen LogP contribution in [0, 0.1) is 11.6 Å². The van der Waals surface area contributed by atoms with Gasteiger partial charge >= 0.3 is 0 Å². The third kappa shape index (κ3) is 2.87. The quantitative estimate of drug-likeness (QED) is 0.917. The summed E-state index contributed by atoms with van der Waals surface area (Å²) in [5, 5.41) is -0.207. The Morgan fingerprint density at radius 3 is 2.10 bits per heavy atom. The fourth-order valence-electron chi connectivity index (χ4n) is 1.48. The first-order chi connectivity index (χ1) is 9.33. The summed E-state index contributed by atoms with van der Waals surface area (Å²) in [5.41, 5.74) is -0.774. The van der Waals surface area contributed by atoms with Gasteiger partial charge in [0.15, 0.2) is 0 Å². The summed E-state index contributed by atoms with van der Waals surface area (Å²) >= 11 is 11.5. The second-order valence-corrected chi connectivity index (χ2v) is 6.19. The molecule has 0 amide bonds. The highest BCUT2D eigenvalue weighted by atomic mass is 35.5. The van der Waals surface area contributed by atoms with Crippen LogP contribution in [0.5, 0.6) is 0 Å². The van der Waals surface area contributed by atoms with Gasteiger partial charge in [-0.2, -0.15) is 0 Å². The van der Waals surface area contributed by atoms with E-state index in [9.17, 15) is 17.2 Å². The number of sulfonamides is 1. The summed E-state index contributed by atoms with van der Waals surface area (Å²) in [4.78, 5) is -0.366. The summed E-state index contributed by atoms with van der Waals surface area (Å²) in [7, 11) is -4.26. The highest BCUT2D eigenvalue weighted by Crippen LogP contribution is 2.31. The maximum absolute atomic E-state index is 13.5. The van der Waals surface area contributed by atoms with Gasteiger partial charge in [-0.05, 0) is 24.3 Å². The number of hydrogen-bond acceptors (Lipinski definition) is 2. The lowest BCUT2D eigenvalue weighted by Gasteiger charge is -2.11. The van der Waals surface area contributed by atoms with Crippen molar-refractivity contribution in [3.8, 4) is 0 Å². The van der Waals surface area contributed by atoms with Gasteiger partial charge in [0, 0.05) is 0 Å². The molecule has 2 aromatic carbocycles. The van der Waals surface area contributed by atoms with E-state index in [4.69, 9.17) is 23.2 Å². The van der Waals surface area contributed by atoms with Crippen molar-refractivity contribution in [1.82, 2.24) is 0 Å². The van der Waals surface area contributed by atoms with E-state index in [-0.39, 0.29) is 14.9 Å². The van der Waals surface area contributed by atoms with Crippen molar-refractivity contribution in [3.05, 3.63) is 58.1 Å². The van der Waals surface area contributed by atoms with Crippen LogP contribution >= 0.6 is 23.2 Å². The third-order valence-electron chi connectivity index (χ3n) is 2.40. The van der Waals surface area contributed by atoms with Crippen LogP contribution < -0.4 is 4.72 Å². The van der Waals surface area contributed by atoms with E-state index in [0.29, 0.717) is 0 Å². The lowest BCUT2D eigenvalue weighted by molar-refractivity contribution is 0.583. The van der Waals surface area contributed by atoms with Gasteiger partial charge in [0.1, 0.15) is 22.2 Å². The Morgan fingerprint density at radius 1 is 0.950 bits per heavy atom. The van der Waals surface area contributed by atoms with Gasteiger partial charge in [-0.15, -0.1) is 0 Å².